The lowest BCUT2D eigenvalue weighted by Gasteiger charge is -2.21. The van der Waals surface area contributed by atoms with Gasteiger partial charge < -0.3 is 33.8 Å². The van der Waals surface area contributed by atoms with Crippen molar-refractivity contribution in [2.75, 3.05) is 39.6 Å². The molecule has 0 fully saturated rings. The van der Waals surface area contributed by atoms with Crippen molar-refractivity contribution in [2.45, 2.75) is 401 Å². The molecule has 0 spiro atoms. The van der Waals surface area contributed by atoms with Gasteiger partial charge in [0.2, 0.25) is 0 Å². The van der Waals surface area contributed by atoms with Crippen LogP contribution in [0.25, 0.3) is 0 Å². The van der Waals surface area contributed by atoms with E-state index < -0.39 is 97.5 Å². The number of hydrogen-bond donors (Lipinski definition) is 3. The molecule has 17 nitrogen and oxygen atoms in total. The Hall–Kier alpha value is -1.94. The zero-order valence-corrected chi connectivity index (χ0v) is 63.2. The predicted molar refractivity (Wildman–Crippen MR) is 381 cm³/mol. The monoisotopic (exact) mass is 1380 g/mol. The topological polar surface area (TPSA) is 237 Å². The SMILES string of the molecule is CCCCCCCCCCCCCCCCCCCCCCC(=O)O[C@H](COC(=O)CCCCCCCCCCCC(C)C)COP(=O)(O)OC[C@@H](O)COP(=O)(O)OC[C@@H](COC(=O)CCCCCCCCCC(C)C)OC(=O)CCCCCCCCCCCC(C)C. The van der Waals surface area contributed by atoms with E-state index in [1.54, 1.807) is 0 Å². The molecule has 0 bridgehead atoms. The number of rotatable bonds is 73. The van der Waals surface area contributed by atoms with Crippen LogP contribution >= 0.6 is 15.6 Å². The van der Waals surface area contributed by atoms with E-state index in [0.717, 1.165) is 108 Å². The van der Waals surface area contributed by atoms with Gasteiger partial charge >= 0.3 is 39.5 Å². The normalized spacial score (nSPS) is 14.1. The number of ether oxygens (including phenoxy) is 4. The maximum atomic E-state index is 13.1. The van der Waals surface area contributed by atoms with Gasteiger partial charge in [-0.25, -0.2) is 9.13 Å². The first kappa shape index (κ1) is 92.1. The summed E-state index contributed by atoms with van der Waals surface area (Å²) in [5.74, 6) is 0.0627. The largest absolute Gasteiger partial charge is 0.472 e. The van der Waals surface area contributed by atoms with Gasteiger partial charge in [0.15, 0.2) is 12.2 Å². The second-order valence-corrected chi connectivity index (χ2v) is 31.4. The van der Waals surface area contributed by atoms with Crippen molar-refractivity contribution in [1.29, 1.82) is 0 Å². The fourth-order valence-electron chi connectivity index (χ4n) is 11.4. The lowest BCUT2D eigenvalue weighted by molar-refractivity contribution is -0.161. The van der Waals surface area contributed by atoms with Crippen LogP contribution in [0.1, 0.15) is 382 Å². The zero-order valence-electron chi connectivity index (χ0n) is 61.4. The number of hydrogen-bond acceptors (Lipinski definition) is 15. The molecule has 0 aliphatic carbocycles. The van der Waals surface area contributed by atoms with Crippen LogP contribution < -0.4 is 0 Å². The van der Waals surface area contributed by atoms with Crippen LogP contribution in [0.15, 0.2) is 0 Å². The minimum Gasteiger partial charge on any atom is -0.462 e. The Kier molecular flexibility index (Phi) is 64.3. The van der Waals surface area contributed by atoms with Crippen molar-refractivity contribution in [2.24, 2.45) is 17.8 Å². The van der Waals surface area contributed by atoms with E-state index >= 15 is 0 Å². The van der Waals surface area contributed by atoms with Gasteiger partial charge in [-0.2, -0.15) is 0 Å². The van der Waals surface area contributed by atoms with E-state index in [1.807, 2.05) is 0 Å². The molecule has 558 valence electrons. The summed E-state index contributed by atoms with van der Waals surface area (Å²) < 4.78 is 68.4. The van der Waals surface area contributed by atoms with Gasteiger partial charge in [-0.05, 0) is 43.4 Å². The second-order valence-electron chi connectivity index (χ2n) is 28.5. The predicted octanol–water partition coefficient (Wildman–Crippen LogP) is 21.8. The van der Waals surface area contributed by atoms with Crippen LogP contribution in [0.4, 0.5) is 0 Å². The Labute approximate surface area is 575 Å². The molecule has 0 saturated carbocycles. The Morgan fingerprint density at radius 3 is 0.723 bits per heavy atom. The third-order valence-electron chi connectivity index (χ3n) is 17.4. The third kappa shape index (κ3) is 68.6. The van der Waals surface area contributed by atoms with E-state index in [4.69, 9.17) is 37.0 Å². The molecule has 0 radical (unpaired) electrons. The Morgan fingerprint density at radius 2 is 0.489 bits per heavy atom. The molecular weight excluding hydrogens is 1230 g/mol. The number of phosphoric acid groups is 2. The molecule has 0 rings (SSSR count). The zero-order chi connectivity index (χ0) is 69.4. The first-order valence-corrected chi connectivity index (χ1v) is 41.8. The van der Waals surface area contributed by atoms with Gasteiger partial charge in [-0.15, -0.1) is 0 Å². The fraction of sp³-hybridized carbons (Fsp3) is 0.947. The molecule has 0 aromatic rings. The van der Waals surface area contributed by atoms with Gasteiger partial charge in [-0.1, -0.05) is 331 Å². The highest BCUT2D eigenvalue weighted by molar-refractivity contribution is 7.47. The molecule has 2 unspecified atom stereocenters. The minimum atomic E-state index is -4.96. The molecule has 0 heterocycles. The van der Waals surface area contributed by atoms with Crippen LogP contribution in [0, 0.1) is 17.8 Å². The molecule has 0 amide bonds. The van der Waals surface area contributed by atoms with Crippen LogP contribution in [0.2, 0.25) is 0 Å². The summed E-state index contributed by atoms with van der Waals surface area (Å²) in [6.45, 7) is 11.8. The van der Waals surface area contributed by atoms with Crippen LogP contribution in [-0.2, 0) is 65.4 Å². The fourth-order valence-corrected chi connectivity index (χ4v) is 13.0. The van der Waals surface area contributed by atoms with Gasteiger partial charge in [-0.3, -0.25) is 37.3 Å². The summed E-state index contributed by atoms with van der Waals surface area (Å²) in [4.78, 5) is 72.7. The smallest absolute Gasteiger partial charge is 0.462 e. The summed E-state index contributed by atoms with van der Waals surface area (Å²) >= 11 is 0. The van der Waals surface area contributed by atoms with Gasteiger partial charge in [0.05, 0.1) is 26.4 Å². The van der Waals surface area contributed by atoms with E-state index in [-0.39, 0.29) is 25.7 Å². The molecule has 5 atom stereocenters. The molecule has 0 aromatic carbocycles. The van der Waals surface area contributed by atoms with E-state index in [9.17, 15) is 43.2 Å². The summed E-state index contributed by atoms with van der Waals surface area (Å²) in [6.07, 6.45) is 51.6. The molecule has 94 heavy (non-hydrogen) atoms. The molecule has 19 heteroatoms. The molecule has 0 aliphatic rings. The molecular formula is C75H146O17P2. The molecule has 0 aliphatic heterocycles. The average Bonchev–Trinajstić information content (AvgIpc) is 1.17. The van der Waals surface area contributed by atoms with Gasteiger partial charge in [0.25, 0.3) is 0 Å². The summed E-state index contributed by atoms with van der Waals surface area (Å²) in [5, 5.41) is 10.6. The highest BCUT2D eigenvalue weighted by Gasteiger charge is 2.30. The Balaban J connectivity index is 5.21. The second kappa shape index (κ2) is 65.7. The maximum absolute atomic E-state index is 13.1. The first-order valence-electron chi connectivity index (χ1n) is 38.8. The molecule has 0 aromatic heterocycles. The van der Waals surface area contributed by atoms with Crippen LogP contribution in [0.5, 0.6) is 0 Å². The van der Waals surface area contributed by atoms with E-state index in [1.165, 1.54) is 186 Å². The quantitative estimate of drug-likeness (QED) is 0.0222. The first-order chi connectivity index (χ1) is 45.2. The average molecular weight is 1380 g/mol. The number of aliphatic hydroxyl groups is 1. The number of carbonyl (C=O) groups excluding carboxylic acids is 4. The Morgan fingerprint density at radius 1 is 0.287 bits per heavy atom. The standard InChI is InChI=1S/C75H146O17P2/c1-8-9-10-11-12-13-14-15-16-17-18-19-20-21-22-23-28-36-44-51-58-74(79)91-70(62-85-72(77)56-49-42-35-29-24-26-32-39-46-53-66(2)3)64-89-93(81,82)87-60-69(76)61-88-94(83,84)90-65-71(63-86-73(78)57-50-43-38-31-34-41-48-55-68(6)7)92-75(80)59-52-45-37-30-25-27-33-40-47-54-67(4)5/h66-71,76H,8-65H2,1-7H3,(H,81,82)(H,83,84)/t69-,70-,71-/m1/s1. The van der Waals surface area contributed by atoms with E-state index in [2.05, 4.69) is 48.5 Å². The number of phosphoric ester groups is 2. The van der Waals surface area contributed by atoms with E-state index in [0.29, 0.717) is 31.6 Å². The summed E-state index contributed by atoms with van der Waals surface area (Å²) in [6, 6.07) is 0. The van der Waals surface area contributed by atoms with Crippen molar-refractivity contribution in [3.05, 3.63) is 0 Å². The number of unbranched alkanes of at least 4 members (excludes halogenated alkanes) is 41. The summed E-state index contributed by atoms with van der Waals surface area (Å²) in [7, 11) is -9.91. The number of esters is 4. The van der Waals surface area contributed by atoms with Crippen molar-refractivity contribution < 1.29 is 80.2 Å². The van der Waals surface area contributed by atoms with Gasteiger partial charge in [0, 0.05) is 25.7 Å². The van der Waals surface area contributed by atoms with Crippen LogP contribution in [-0.4, -0.2) is 96.7 Å². The van der Waals surface area contributed by atoms with Gasteiger partial charge in [0.1, 0.15) is 19.3 Å². The maximum Gasteiger partial charge on any atom is 0.472 e. The van der Waals surface area contributed by atoms with Crippen molar-refractivity contribution in [1.82, 2.24) is 0 Å². The number of aliphatic hydroxyl groups excluding tert-OH is 1. The third-order valence-corrected chi connectivity index (χ3v) is 19.3. The highest BCUT2D eigenvalue weighted by atomic mass is 31.2. The van der Waals surface area contributed by atoms with Crippen molar-refractivity contribution >= 4 is 39.5 Å². The van der Waals surface area contributed by atoms with Crippen molar-refractivity contribution in [3.63, 3.8) is 0 Å². The Bertz CT molecular complexity index is 1840. The lowest BCUT2D eigenvalue weighted by atomic mass is 10.0. The van der Waals surface area contributed by atoms with Crippen LogP contribution in [0.3, 0.4) is 0 Å². The number of carbonyl (C=O) groups is 4. The van der Waals surface area contributed by atoms with Crippen molar-refractivity contribution in [3.8, 4) is 0 Å². The molecule has 0 saturated heterocycles. The molecule has 3 N–H and O–H groups in total. The summed E-state index contributed by atoms with van der Waals surface area (Å²) in [5.41, 5.74) is 0. The minimum absolute atomic E-state index is 0.104. The highest BCUT2D eigenvalue weighted by Crippen LogP contribution is 2.45. The lowest BCUT2D eigenvalue weighted by Crippen LogP contribution is -2.30.